The molecule has 0 aliphatic heterocycles. The number of nitrogens with zero attached hydrogens (tertiary/aromatic N) is 2. The van der Waals surface area contributed by atoms with Crippen molar-refractivity contribution in [3.63, 3.8) is 0 Å². The minimum absolute atomic E-state index is 0.0184. The lowest BCUT2D eigenvalue weighted by Gasteiger charge is -2.33. The number of benzene rings is 3. The van der Waals surface area contributed by atoms with Gasteiger partial charge in [0.05, 0.1) is 10.6 Å². The number of nitrogens with one attached hydrogen (secondary N) is 1. The van der Waals surface area contributed by atoms with E-state index >= 15 is 0 Å². The average molecular weight is 580 g/mol. The number of hydrogen-bond donors (Lipinski definition) is 1. The highest BCUT2D eigenvalue weighted by molar-refractivity contribution is 7.92. The van der Waals surface area contributed by atoms with E-state index in [0.717, 1.165) is 42.0 Å². The van der Waals surface area contributed by atoms with Gasteiger partial charge in [-0.3, -0.25) is 13.9 Å². The van der Waals surface area contributed by atoms with Gasteiger partial charge in [0.2, 0.25) is 11.8 Å². The molecular weight excluding hydrogens is 541 g/mol. The van der Waals surface area contributed by atoms with Crippen LogP contribution in [-0.4, -0.2) is 43.8 Å². The van der Waals surface area contributed by atoms with Gasteiger partial charge in [0, 0.05) is 12.6 Å². The van der Waals surface area contributed by atoms with Crippen molar-refractivity contribution in [2.24, 2.45) is 0 Å². The molecule has 7 nitrogen and oxygen atoms in total. The van der Waals surface area contributed by atoms with E-state index in [1.54, 1.807) is 62.4 Å². The summed E-state index contributed by atoms with van der Waals surface area (Å²) in [5.41, 5.74) is 2.60. The van der Waals surface area contributed by atoms with Gasteiger partial charge in [-0.05, 0) is 75.1 Å². The Hall–Kier alpha value is -3.72. The molecule has 0 spiro atoms. The Morgan fingerprint density at radius 1 is 0.927 bits per heavy atom. The van der Waals surface area contributed by atoms with Gasteiger partial charge in [0.25, 0.3) is 10.0 Å². The molecule has 3 aromatic rings. The first-order chi connectivity index (χ1) is 19.6. The molecular formula is C32H38FN3O4S. The van der Waals surface area contributed by atoms with Crippen molar-refractivity contribution < 1.29 is 22.4 Å². The van der Waals surface area contributed by atoms with Gasteiger partial charge >= 0.3 is 0 Å². The van der Waals surface area contributed by atoms with Crippen LogP contribution in [0.5, 0.6) is 0 Å². The summed E-state index contributed by atoms with van der Waals surface area (Å²) in [6, 6.07) is 18.3. The Balaban J connectivity index is 1.68. The van der Waals surface area contributed by atoms with Gasteiger partial charge in [0.1, 0.15) is 18.4 Å². The maximum atomic E-state index is 14.0. The molecule has 0 heterocycles. The average Bonchev–Trinajstić information content (AvgIpc) is 2.96. The zero-order valence-electron chi connectivity index (χ0n) is 23.8. The first kappa shape index (κ1) is 30.2. The predicted octanol–water partition coefficient (Wildman–Crippen LogP) is 5.50. The van der Waals surface area contributed by atoms with Crippen molar-refractivity contribution in [3.8, 4) is 0 Å². The van der Waals surface area contributed by atoms with E-state index in [-0.39, 0.29) is 23.4 Å². The number of para-hydroxylation sites is 1. The van der Waals surface area contributed by atoms with Crippen molar-refractivity contribution in [2.45, 2.75) is 76.4 Å². The maximum Gasteiger partial charge on any atom is 0.264 e. The molecule has 1 aliphatic carbocycles. The zero-order chi connectivity index (χ0) is 29.6. The summed E-state index contributed by atoms with van der Waals surface area (Å²) in [6.45, 7) is 4.81. The molecule has 0 radical (unpaired) electrons. The molecule has 1 fully saturated rings. The van der Waals surface area contributed by atoms with Crippen LogP contribution in [0.1, 0.15) is 55.7 Å². The summed E-state index contributed by atoms with van der Waals surface area (Å²) in [5.74, 6) is -1.25. The van der Waals surface area contributed by atoms with Crippen LogP contribution in [-0.2, 0) is 26.2 Å². The number of amides is 2. The first-order valence-electron chi connectivity index (χ1n) is 14.1. The fourth-order valence-electron chi connectivity index (χ4n) is 5.13. The van der Waals surface area contributed by atoms with Gasteiger partial charge in [-0.2, -0.15) is 0 Å². The third-order valence-corrected chi connectivity index (χ3v) is 9.43. The molecule has 0 saturated heterocycles. The van der Waals surface area contributed by atoms with Crippen LogP contribution >= 0.6 is 0 Å². The fourth-order valence-corrected chi connectivity index (χ4v) is 6.61. The van der Waals surface area contributed by atoms with E-state index in [0.29, 0.717) is 16.8 Å². The molecule has 3 aromatic carbocycles. The minimum Gasteiger partial charge on any atom is -0.352 e. The van der Waals surface area contributed by atoms with E-state index in [1.165, 1.54) is 29.2 Å². The Kier molecular flexibility index (Phi) is 9.81. The van der Waals surface area contributed by atoms with Crippen LogP contribution in [0.15, 0.2) is 77.7 Å². The van der Waals surface area contributed by atoms with Crippen LogP contribution in [0.2, 0.25) is 0 Å². The van der Waals surface area contributed by atoms with Crippen LogP contribution in [0.3, 0.4) is 0 Å². The number of hydrogen-bond acceptors (Lipinski definition) is 4. The number of halogens is 1. The second-order valence-electron chi connectivity index (χ2n) is 10.8. The molecule has 1 aliphatic rings. The number of carbonyl (C=O) groups excluding carboxylic acids is 2. The lowest BCUT2D eigenvalue weighted by atomic mass is 9.95. The minimum atomic E-state index is -4.13. The second kappa shape index (κ2) is 13.3. The van der Waals surface area contributed by atoms with Gasteiger partial charge in [-0.25, -0.2) is 12.8 Å². The molecule has 9 heteroatoms. The summed E-state index contributed by atoms with van der Waals surface area (Å²) < 4.78 is 42.6. The van der Waals surface area contributed by atoms with Crippen molar-refractivity contribution >= 4 is 27.5 Å². The van der Waals surface area contributed by atoms with Crippen molar-refractivity contribution in [1.82, 2.24) is 10.2 Å². The Morgan fingerprint density at radius 2 is 1.56 bits per heavy atom. The monoisotopic (exact) mass is 579 g/mol. The third kappa shape index (κ3) is 7.52. The highest BCUT2D eigenvalue weighted by atomic mass is 32.2. The number of anilines is 1. The molecule has 1 atom stereocenters. The van der Waals surface area contributed by atoms with Gasteiger partial charge < -0.3 is 10.2 Å². The zero-order valence-corrected chi connectivity index (χ0v) is 24.7. The fraction of sp³-hybridized carbons (Fsp3) is 0.375. The van der Waals surface area contributed by atoms with Crippen molar-refractivity contribution in [3.05, 3.63) is 95.3 Å². The lowest BCUT2D eigenvalue weighted by molar-refractivity contribution is -0.139. The number of rotatable bonds is 10. The van der Waals surface area contributed by atoms with E-state index in [2.05, 4.69) is 5.32 Å². The molecule has 0 bridgehead atoms. The van der Waals surface area contributed by atoms with Crippen molar-refractivity contribution in [1.29, 1.82) is 0 Å². The summed E-state index contributed by atoms with van der Waals surface area (Å²) >= 11 is 0. The molecule has 0 aromatic heterocycles. The highest BCUT2D eigenvalue weighted by Gasteiger charge is 2.33. The topological polar surface area (TPSA) is 86.8 Å². The number of sulfonamides is 1. The number of aryl methyl sites for hydroxylation is 2. The van der Waals surface area contributed by atoms with E-state index in [4.69, 9.17) is 0 Å². The quantitative estimate of drug-likeness (QED) is 0.344. The molecule has 218 valence electrons. The van der Waals surface area contributed by atoms with E-state index in [1.807, 2.05) is 6.92 Å². The van der Waals surface area contributed by atoms with Crippen molar-refractivity contribution in [2.75, 3.05) is 10.8 Å². The van der Waals surface area contributed by atoms with E-state index in [9.17, 15) is 22.4 Å². The summed E-state index contributed by atoms with van der Waals surface area (Å²) in [7, 11) is -4.13. The van der Waals surface area contributed by atoms with Crippen LogP contribution < -0.4 is 9.62 Å². The van der Waals surface area contributed by atoms with Crippen LogP contribution in [0.4, 0.5) is 10.1 Å². The summed E-state index contributed by atoms with van der Waals surface area (Å²) in [4.78, 5) is 28.8. The maximum absolute atomic E-state index is 14.0. The SMILES string of the molecule is Cc1ccc(S(=O)(=O)N(CC(=O)N(Cc2ccc(F)cc2)[C@@H](C)C(=O)NC2CCCCC2)c2ccccc2C)cc1. The third-order valence-electron chi connectivity index (χ3n) is 7.66. The highest BCUT2D eigenvalue weighted by Crippen LogP contribution is 2.28. The largest absolute Gasteiger partial charge is 0.352 e. The molecule has 2 amide bonds. The van der Waals surface area contributed by atoms with Gasteiger partial charge in [0.15, 0.2) is 0 Å². The molecule has 1 N–H and O–H groups in total. The molecule has 41 heavy (non-hydrogen) atoms. The molecule has 4 rings (SSSR count). The Morgan fingerprint density at radius 3 is 2.20 bits per heavy atom. The lowest BCUT2D eigenvalue weighted by Crippen LogP contribution is -2.53. The first-order valence-corrected chi connectivity index (χ1v) is 15.5. The summed E-state index contributed by atoms with van der Waals surface area (Å²) in [6.07, 6.45) is 5.00. The summed E-state index contributed by atoms with van der Waals surface area (Å²) in [5, 5.41) is 3.08. The smallest absolute Gasteiger partial charge is 0.264 e. The standard InChI is InChI=1S/C32H38FN3O4S/c1-23-13-19-29(20-14-23)41(39,40)36(30-12-8-7-9-24(30)2)22-31(37)35(21-26-15-17-27(33)18-16-26)25(3)32(38)34-28-10-5-4-6-11-28/h7-9,12-20,25,28H,4-6,10-11,21-22H2,1-3H3,(H,34,38)/t25-/m0/s1. The number of carbonyl (C=O) groups is 2. The van der Waals surface area contributed by atoms with Gasteiger partial charge in [-0.1, -0.05) is 67.3 Å². The molecule has 1 saturated carbocycles. The Bertz CT molecular complexity index is 1450. The van der Waals surface area contributed by atoms with Crippen LogP contribution in [0, 0.1) is 19.7 Å². The predicted molar refractivity (Wildman–Crippen MR) is 158 cm³/mol. The molecule has 0 unspecified atom stereocenters. The second-order valence-corrected chi connectivity index (χ2v) is 12.6. The van der Waals surface area contributed by atoms with Gasteiger partial charge in [-0.15, -0.1) is 0 Å². The Labute approximate surface area is 242 Å². The normalized spacial score (nSPS) is 14.7. The van der Waals surface area contributed by atoms with Crippen LogP contribution in [0.25, 0.3) is 0 Å². The van der Waals surface area contributed by atoms with E-state index < -0.39 is 34.3 Å².